The molecule has 1 amide bonds. The topological polar surface area (TPSA) is 73.7 Å². The number of benzene rings is 2. The summed E-state index contributed by atoms with van der Waals surface area (Å²) >= 11 is 0. The second kappa shape index (κ2) is 10.1. The van der Waals surface area contributed by atoms with Crippen LogP contribution in [-0.4, -0.2) is 53.4 Å². The van der Waals surface area contributed by atoms with Crippen LogP contribution in [0.15, 0.2) is 48.5 Å². The van der Waals surface area contributed by atoms with Crippen molar-refractivity contribution in [2.75, 3.05) is 26.8 Å². The Morgan fingerprint density at radius 2 is 1.82 bits per heavy atom. The van der Waals surface area contributed by atoms with E-state index in [-0.39, 0.29) is 17.8 Å². The van der Waals surface area contributed by atoms with E-state index in [0.717, 1.165) is 41.1 Å². The van der Waals surface area contributed by atoms with Crippen LogP contribution in [0.25, 0.3) is 16.9 Å². The molecule has 0 N–H and O–H groups in total. The van der Waals surface area contributed by atoms with Gasteiger partial charge in [-0.1, -0.05) is 12.1 Å². The maximum Gasteiger partial charge on any atom is 0.310 e. The number of hydrogen-bond acceptors (Lipinski definition) is 5. The van der Waals surface area contributed by atoms with Gasteiger partial charge in [-0.25, -0.2) is 4.68 Å². The molecule has 1 saturated heterocycles. The molecule has 0 radical (unpaired) electrons. The first kappa shape index (κ1) is 23.5. The van der Waals surface area contributed by atoms with Crippen molar-refractivity contribution in [2.45, 2.75) is 33.6 Å². The number of amides is 1. The van der Waals surface area contributed by atoms with Crippen LogP contribution in [-0.2, 0) is 9.53 Å². The molecule has 2 aromatic carbocycles. The van der Waals surface area contributed by atoms with Crippen molar-refractivity contribution < 1.29 is 19.1 Å². The lowest BCUT2D eigenvalue weighted by molar-refractivity contribution is -0.149. The van der Waals surface area contributed by atoms with Gasteiger partial charge in [-0.3, -0.25) is 9.59 Å². The zero-order valence-corrected chi connectivity index (χ0v) is 20.2. The fourth-order valence-corrected chi connectivity index (χ4v) is 4.27. The summed E-state index contributed by atoms with van der Waals surface area (Å²) in [6.07, 6.45) is 1.49. The van der Waals surface area contributed by atoms with E-state index in [1.165, 1.54) is 5.56 Å². The molecule has 0 saturated carbocycles. The summed E-state index contributed by atoms with van der Waals surface area (Å²) in [5.41, 5.74) is 5.26. The number of methoxy groups -OCH3 is 1. The van der Waals surface area contributed by atoms with E-state index in [9.17, 15) is 9.59 Å². The Labute approximate surface area is 200 Å². The van der Waals surface area contributed by atoms with E-state index in [4.69, 9.17) is 14.6 Å². The minimum absolute atomic E-state index is 0.146. The molecule has 1 fully saturated rings. The molecule has 1 atom stereocenters. The lowest BCUT2D eigenvalue weighted by Gasteiger charge is -2.31. The SMILES string of the molecule is CCOC(=O)C1CCCN(C(=O)c2cc(-c3ccc(C)c(C)c3)nn2-c2ccc(OC)cc2)C1. The molecule has 1 aliphatic heterocycles. The molecule has 1 unspecified atom stereocenters. The minimum Gasteiger partial charge on any atom is -0.497 e. The predicted octanol–water partition coefficient (Wildman–Crippen LogP) is 4.58. The van der Waals surface area contributed by atoms with Gasteiger partial charge >= 0.3 is 5.97 Å². The molecule has 1 aliphatic rings. The zero-order valence-electron chi connectivity index (χ0n) is 20.2. The lowest BCUT2D eigenvalue weighted by Crippen LogP contribution is -2.43. The van der Waals surface area contributed by atoms with Gasteiger partial charge in [-0.2, -0.15) is 5.10 Å². The standard InChI is InChI=1S/C27H31N3O4/c1-5-34-27(32)21-7-6-14-29(17-21)26(31)25-16-24(20-9-8-18(2)19(3)15-20)28-30(25)22-10-12-23(33-4)13-11-22/h8-13,15-16,21H,5-7,14,17H2,1-4H3. The first-order valence-corrected chi connectivity index (χ1v) is 11.7. The maximum absolute atomic E-state index is 13.7. The average Bonchev–Trinajstić information content (AvgIpc) is 3.31. The molecule has 1 aromatic heterocycles. The molecule has 34 heavy (non-hydrogen) atoms. The summed E-state index contributed by atoms with van der Waals surface area (Å²) in [6, 6.07) is 15.5. The van der Waals surface area contributed by atoms with E-state index in [1.54, 1.807) is 23.6 Å². The third kappa shape index (κ3) is 4.83. The maximum atomic E-state index is 13.7. The highest BCUT2D eigenvalue weighted by Gasteiger charge is 2.31. The van der Waals surface area contributed by atoms with Gasteiger partial charge < -0.3 is 14.4 Å². The van der Waals surface area contributed by atoms with Gasteiger partial charge in [0.2, 0.25) is 0 Å². The fraction of sp³-hybridized carbons (Fsp3) is 0.370. The fourth-order valence-electron chi connectivity index (χ4n) is 4.27. The van der Waals surface area contributed by atoms with Crippen LogP contribution in [0.2, 0.25) is 0 Å². The van der Waals surface area contributed by atoms with Crippen molar-refractivity contribution in [3.8, 4) is 22.7 Å². The van der Waals surface area contributed by atoms with E-state index >= 15 is 0 Å². The van der Waals surface area contributed by atoms with Crippen molar-refractivity contribution in [3.05, 3.63) is 65.4 Å². The molecule has 4 rings (SSSR count). The Kier molecular flexibility index (Phi) is 7.01. The number of aryl methyl sites for hydroxylation is 2. The van der Waals surface area contributed by atoms with Crippen LogP contribution < -0.4 is 4.74 Å². The summed E-state index contributed by atoms with van der Waals surface area (Å²) in [5.74, 6) is 0.0487. The van der Waals surface area contributed by atoms with Crippen LogP contribution in [0.3, 0.4) is 0 Å². The summed E-state index contributed by atoms with van der Waals surface area (Å²) in [5, 5.41) is 4.81. The second-order valence-corrected chi connectivity index (χ2v) is 8.67. The van der Waals surface area contributed by atoms with Crippen LogP contribution in [0.1, 0.15) is 41.4 Å². The Hall–Kier alpha value is -3.61. The number of ether oxygens (including phenoxy) is 2. The van der Waals surface area contributed by atoms with Crippen molar-refractivity contribution in [1.82, 2.24) is 14.7 Å². The van der Waals surface area contributed by atoms with Crippen LogP contribution >= 0.6 is 0 Å². The summed E-state index contributed by atoms with van der Waals surface area (Å²) < 4.78 is 12.2. The van der Waals surface area contributed by atoms with Crippen molar-refractivity contribution in [3.63, 3.8) is 0 Å². The number of piperidine rings is 1. The molecule has 2 heterocycles. The zero-order chi connectivity index (χ0) is 24.2. The minimum atomic E-state index is -0.297. The quantitative estimate of drug-likeness (QED) is 0.503. The van der Waals surface area contributed by atoms with E-state index in [0.29, 0.717) is 25.4 Å². The molecular formula is C27H31N3O4. The van der Waals surface area contributed by atoms with Gasteiger partial charge in [-0.05, 0) is 81.1 Å². The number of likely N-dealkylation sites (tertiary alicyclic amines) is 1. The highest BCUT2D eigenvalue weighted by molar-refractivity contribution is 5.95. The van der Waals surface area contributed by atoms with Crippen molar-refractivity contribution >= 4 is 11.9 Å². The molecule has 0 bridgehead atoms. The van der Waals surface area contributed by atoms with Crippen LogP contribution in [0.5, 0.6) is 5.75 Å². The highest BCUT2D eigenvalue weighted by atomic mass is 16.5. The molecule has 178 valence electrons. The number of esters is 1. The second-order valence-electron chi connectivity index (χ2n) is 8.67. The monoisotopic (exact) mass is 461 g/mol. The van der Waals surface area contributed by atoms with Crippen molar-refractivity contribution in [2.24, 2.45) is 5.92 Å². The number of nitrogens with zero attached hydrogens (tertiary/aromatic N) is 3. The van der Waals surface area contributed by atoms with Gasteiger partial charge in [0.25, 0.3) is 5.91 Å². The molecule has 3 aromatic rings. The van der Waals surface area contributed by atoms with E-state index in [1.807, 2.05) is 36.4 Å². The first-order chi connectivity index (χ1) is 16.4. The lowest BCUT2D eigenvalue weighted by atomic mass is 9.98. The highest BCUT2D eigenvalue weighted by Crippen LogP contribution is 2.27. The number of aromatic nitrogens is 2. The predicted molar refractivity (Wildman–Crippen MR) is 130 cm³/mol. The normalized spacial score (nSPS) is 15.8. The number of hydrogen-bond donors (Lipinski definition) is 0. The smallest absolute Gasteiger partial charge is 0.310 e. The van der Waals surface area contributed by atoms with Gasteiger partial charge in [-0.15, -0.1) is 0 Å². The van der Waals surface area contributed by atoms with Gasteiger partial charge in [0, 0.05) is 18.7 Å². The van der Waals surface area contributed by atoms with Gasteiger partial charge in [0.15, 0.2) is 0 Å². The summed E-state index contributed by atoms with van der Waals surface area (Å²) in [6.45, 7) is 7.22. The summed E-state index contributed by atoms with van der Waals surface area (Å²) in [4.78, 5) is 27.7. The Morgan fingerprint density at radius 3 is 2.50 bits per heavy atom. The van der Waals surface area contributed by atoms with Crippen LogP contribution in [0.4, 0.5) is 0 Å². The number of rotatable bonds is 6. The third-order valence-electron chi connectivity index (χ3n) is 6.38. The van der Waals surface area contributed by atoms with Gasteiger partial charge in [0.05, 0.1) is 31.0 Å². The van der Waals surface area contributed by atoms with Crippen molar-refractivity contribution in [1.29, 1.82) is 0 Å². The molecular weight excluding hydrogens is 430 g/mol. The molecule has 7 heteroatoms. The Morgan fingerprint density at radius 1 is 1.06 bits per heavy atom. The Balaban J connectivity index is 1.71. The van der Waals surface area contributed by atoms with Gasteiger partial charge in [0.1, 0.15) is 11.4 Å². The largest absolute Gasteiger partial charge is 0.497 e. The average molecular weight is 462 g/mol. The molecule has 7 nitrogen and oxygen atoms in total. The van der Waals surface area contributed by atoms with E-state index in [2.05, 4.69) is 26.0 Å². The first-order valence-electron chi connectivity index (χ1n) is 11.7. The number of carbonyl (C=O) groups is 2. The third-order valence-corrected chi connectivity index (χ3v) is 6.38. The van der Waals surface area contributed by atoms with E-state index < -0.39 is 0 Å². The number of carbonyl (C=O) groups excluding carboxylic acids is 2. The summed E-state index contributed by atoms with van der Waals surface area (Å²) in [7, 11) is 1.62. The Bertz CT molecular complexity index is 1180. The molecule has 0 aliphatic carbocycles. The van der Waals surface area contributed by atoms with Crippen LogP contribution in [0, 0.1) is 19.8 Å². The molecule has 0 spiro atoms.